The number of aliphatic imine (C=N–C) groups is 1. The van der Waals surface area contributed by atoms with E-state index in [9.17, 15) is 0 Å². The largest absolute Gasteiger partial charge is 0.364 e. The number of nitrogens with one attached hydrogen (secondary N) is 1. The fourth-order valence-corrected chi connectivity index (χ4v) is 2.80. The van der Waals surface area contributed by atoms with Crippen molar-refractivity contribution in [2.45, 2.75) is 26.9 Å². The summed E-state index contributed by atoms with van der Waals surface area (Å²) in [6, 6.07) is 1.85. The lowest BCUT2D eigenvalue weighted by Gasteiger charge is -2.20. The summed E-state index contributed by atoms with van der Waals surface area (Å²) in [5.41, 5.74) is 1.95. The van der Waals surface area contributed by atoms with Crippen molar-refractivity contribution in [1.82, 2.24) is 20.4 Å². The Hall–Kier alpha value is -1.89. The van der Waals surface area contributed by atoms with Gasteiger partial charge in [-0.25, -0.2) is 4.98 Å². The van der Waals surface area contributed by atoms with Gasteiger partial charge in [0.2, 0.25) is 0 Å². The van der Waals surface area contributed by atoms with Crippen LogP contribution in [0.3, 0.4) is 0 Å². The molecule has 0 bridgehead atoms. The molecule has 0 aliphatic heterocycles. The van der Waals surface area contributed by atoms with Crippen molar-refractivity contribution in [3.63, 3.8) is 0 Å². The minimum atomic E-state index is 0.650. The van der Waals surface area contributed by atoms with Crippen molar-refractivity contribution < 1.29 is 4.52 Å². The molecule has 2 rings (SSSR count). The molecule has 2 heterocycles. The van der Waals surface area contributed by atoms with Gasteiger partial charge in [-0.05, 0) is 13.8 Å². The molecule has 0 fully saturated rings. The van der Waals surface area contributed by atoms with Crippen LogP contribution in [0.25, 0.3) is 0 Å². The van der Waals surface area contributed by atoms with Crippen molar-refractivity contribution in [2.75, 3.05) is 14.1 Å². The van der Waals surface area contributed by atoms with Gasteiger partial charge in [0, 0.05) is 25.0 Å². The third-order valence-corrected chi connectivity index (χ3v) is 3.94. The second-order valence-corrected chi connectivity index (χ2v) is 5.78. The maximum Gasteiger partial charge on any atom is 0.194 e. The maximum absolute atomic E-state index is 4.83. The molecule has 0 saturated heterocycles. The molecule has 20 heavy (non-hydrogen) atoms. The Balaban J connectivity index is 1.94. The van der Waals surface area contributed by atoms with Crippen molar-refractivity contribution >= 4 is 17.3 Å². The normalized spacial score (nSPS) is 11.7. The summed E-state index contributed by atoms with van der Waals surface area (Å²) in [6.07, 6.45) is 1.57. The fourth-order valence-electron chi connectivity index (χ4n) is 1.92. The van der Waals surface area contributed by atoms with Crippen LogP contribution in [-0.2, 0) is 13.1 Å². The van der Waals surface area contributed by atoms with E-state index in [1.165, 1.54) is 4.88 Å². The first-order chi connectivity index (χ1) is 9.60. The molecule has 0 aromatic carbocycles. The lowest BCUT2D eigenvalue weighted by molar-refractivity contribution is 0.391. The zero-order valence-electron chi connectivity index (χ0n) is 12.2. The maximum atomic E-state index is 4.83. The van der Waals surface area contributed by atoms with E-state index in [0.717, 1.165) is 28.9 Å². The minimum Gasteiger partial charge on any atom is -0.364 e. The molecule has 2 aromatic heterocycles. The van der Waals surface area contributed by atoms with Gasteiger partial charge < -0.3 is 14.7 Å². The predicted molar refractivity (Wildman–Crippen MR) is 79.8 cm³/mol. The number of hydrogen-bond acceptors (Lipinski definition) is 5. The van der Waals surface area contributed by atoms with Crippen LogP contribution < -0.4 is 5.32 Å². The Morgan fingerprint density at radius 2 is 2.30 bits per heavy atom. The fraction of sp³-hybridized carbons (Fsp3) is 0.462. The van der Waals surface area contributed by atoms with Gasteiger partial charge in [-0.1, -0.05) is 5.16 Å². The summed E-state index contributed by atoms with van der Waals surface area (Å²) >= 11 is 1.71. The Kier molecular flexibility index (Phi) is 4.73. The first-order valence-corrected chi connectivity index (χ1v) is 7.15. The molecular weight excluding hydrogens is 274 g/mol. The lowest BCUT2D eigenvalue weighted by Crippen LogP contribution is -2.38. The number of aryl methyl sites for hydroxylation is 2. The number of hydrogen-bond donors (Lipinski definition) is 1. The van der Waals surface area contributed by atoms with Crippen LogP contribution in [0, 0.1) is 13.8 Å². The smallest absolute Gasteiger partial charge is 0.194 e. The second-order valence-electron chi connectivity index (χ2n) is 4.49. The summed E-state index contributed by atoms with van der Waals surface area (Å²) in [4.78, 5) is 11.9. The highest BCUT2D eigenvalue weighted by Gasteiger charge is 2.10. The van der Waals surface area contributed by atoms with Crippen LogP contribution in [-0.4, -0.2) is 35.1 Å². The number of thiazole rings is 1. The van der Waals surface area contributed by atoms with Crippen LogP contribution in [0.15, 0.2) is 21.8 Å². The minimum absolute atomic E-state index is 0.650. The van der Waals surface area contributed by atoms with E-state index in [1.807, 2.05) is 31.9 Å². The quantitative estimate of drug-likeness (QED) is 0.689. The molecule has 2 aromatic rings. The molecule has 0 spiro atoms. The van der Waals surface area contributed by atoms with E-state index in [1.54, 1.807) is 24.6 Å². The van der Waals surface area contributed by atoms with Crippen LogP contribution in [0.2, 0.25) is 0 Å². The summed E-state index contributed by atoms with van der Waals surface area (Å²) in [5.74, 6) is 0.818. The molecule has 0 radical (unpaired) electrons. The Morgan fingerprint density at radius 1 is 1.50 bits per heavy atom. The number of aromatic nitrogens is 2. The van der Waals surface area contributed by atoms with Crippen molar-refractivity contribution in [3.8, 4) is 0 Å². The molecule has 108 valence electrons. The molecule has 0 saturated carbocycles. The molecule has 0 aliphatic carbocycles. The van der Waals surface area contributed by atoms with Gasteiger partial charge in [0.25, 0.3) is 0 Å². The standard InChI is InChI=1S/C13H19N5OS/c1-9-12(20-10(2)16-9)7-15-13(14-3)18(4)8-11-5-6-19-17-11/h5-6H,7-8H2,1-4H3,(H,14,15). The van der Waals surface area contributed by atoms with Gasteiger partial charge in [0.1, 0.15) is 12.0 Å². The molecule has 1 N–H and O–H groups in total. The first-order valence-electron chi connectivity index (χ1n) is 6.34. The molecular formula is C13H19N5OS. The molecule has 0 atom stereocenters. The van der Waals surface area contributed by atoms with Crippen LogP contribution in [0.4, 0.5) is 0 Å². The van der Waals surface area contributed by atoms with Gasteiger partial charge in [-0.3, -0.25) is 4.99 Å². The monoisotopic (exact) mass is 293 g/mol. The van der Waals surface area contributed by atoms with Crippen molar-refractivity contribution in [3.05, 3.63) is 33.6 Å². The Morgan fingerprint density at radius 3 is 2.85 bits per heavy atom. The van der Waals surface area contributed by atoms with Crippen LogP contribution in [0.1, 0.15) is 21.3 Å². The SMILES string of the molecule is CN=C(NCc1sc(C)nc1C)N(C)Cc1ccon1. The predicted octanol–water partition coefficient (Wildman–Crippen LogP) is 1.96. The van der Waals surface area contributed by atoms with Crippen LogP contribution >= 0.6 is 11.3 Å². The molecule has 7 heteroatoms. The van der Waals surface area contributed by atoms with E-state index in [2.05, 4.69) is 20.4 Å². The summed E-state index contributed by atoms with van der Waals surface area (Å²) in [6.45, 7) is 5.43. The average molecular weight is 293 g/mol. The number of nitrogens with zero attached hydrogens (tertiary/aromatic N) is 4. The summed E-state index contributed by atoms with van der Waals surface area (Å²) < 4.78 is 4.83. The van der Waals surface area contributed by atoms with E-state index in [4.69, 9.17) is 4.52 Å². The van der Waals surface area contributed by atoms with Gasteiger partial charge in [-0.2, -0.15) is 0 Å². The summed E-state index contributed by atoms with van der Waals surface area (Å²) in [5, 5.41) is 8.33. The number of guanidine groups is 1. The molecule has 0 amide bonds. The third-order valence-electron chi connectivity index (χ3n) is 2.87. The van der Waals surface area contributed by atoms with Crippen molar-refractivity contribution in [1.29, 1.82) is 0 Å². The highest BCUT2D eigenvalue weighted by Crippen LogP contribution is 2.16. The molecule has 0 unspecified atom stereocenters. The van der Waals surface area contributed by atoms with Gasteiger partial charge >= 0.3 is 0 Å². The van der Waals surface area contributed by atoms with E-state index < -0.39 is 0 Å². The van der Waals surface area contributed by atoms with Crippen LogP contribution in [0.5, 0.6) is 0 Å². The highest BCUT2D eigenvalue weighted by molar-refractivity contribution is 7.11. The Bertz CT molecular complexity index is 576. The van der Waals surface area contributed by atoms with Gasteiger partial charge in [0.05, 0.1) is 23.8 Å². The second kappa shape index (κ2) is 6.51. The van der Waals surface area contributed by atoms with E-state index in [-0.39, 0.29) is 0 Å². The molecule has 6 nitrogen and oxygen atoms in total. The topological polar surface area (TPSA) is 66.6 Å². The third kappa shape index (κ3) is 3.57. The van der Waals surface area contributed by atoms with E-state index >= 15 is 0 Å². The van der Waals surface area contributed by atoms with Gasteiger partial charge in [-0.15, -0.1) is 11.3 Å². The average Bonchev–Trinajstić information content (AvgIpc) is 3.00. The number of rotatable bonds is 4. The van der Waals surface area contributed by atoms with E-state index in [0.29, 0.717) is 6.54 Å². The summed E-state index contributed by atoms with van der Waals surface area (Å²) in [7, 11) is 3.74. The zero-order chi connectivity index (χ0) is 14.5. The lowest BCUT2D eigenvalue weighted by atomic mass is 10.4. The zero-order valence-corrected chi connectivity index (χ0v) is 13.0. The first kappa shape index (κ1) is 14.5. The molecule has 0 aliphatic rings. The highest BCUT2D eigenvalue weighted by atomic mass is 32.1. The Labute approximate surface area is 122 Å². The van der Waals surface area contributed by atoms with Gasteiger partial charge in [0.15, 0.2) is 5.96 Å². The van der Waals surface area contributed by atoms with Crippen molar-refractivity contribution in [2.24, 2.45) is 4.99 Å².